The zero-order valence-electron chi connectivity index (χ0n) is 17.6. The summed E-state index contributed by atoms with van der Waals surface area (Å²) < 4.78 is 3.66. The lowest BCUT2D eigenvalue weighted by atomic mass is 10.2. The van der Waals surface area contributed by atoms with Crippen molar-refractivity contribution in [2.45, 2.75) is 20.8 Å². The number of hydrogen-bond acceptors (Lipinski definition) is 8. The van der Waals surface area contributed by atoms with Gasteiger partial charge < -0.3 is 9.80 Å². The highest BCUT2D eigenvalue weighted by molar-refractivity contribution is 5.87. The summed E-state index contributed by atoms with van der Waals surface area (Å²) in [7, 11) is 1.91. The van der Waals surface area contributed by atoms with E-state index in [0.717, 1.165) is 71.9 Å². The standard InChI is InChI=1S/C20H24N10/c1-13-9-14(2)30(26-13)18-10-17(21-12-22-18)28-5-7-29(8-6-28)20-16-11-23-27(4)19(16)24-15(3)25-20/h9-12H,5-8H2,1-4H3. The van der Waals surface area contributed by atoms with E-state index >= 15 is 0 Å². The van der Waals surface area contributed by atoms with Crippen LogP contribution >= 0.6 is 0 Å². The number of aryl methyl sites for hydroxylation is 4. The highest BCUT2D eigenvalue weighted by Crippen LogP contribution is 2.25. The molecule has 0 spiro atoms. The molecular weight excluding hydrogens is 380 g/mol. The van der Waals surface area contributed by atoms with Crippen molar-refractivity contribution >= 4 is 22.7 Å². The van der Waals surface area contributed by atoms with Crippen LogP contribution in [-0.2, 0) is 7.05 Å². The highest BCUT2D eigenvalue weighted by atomic mass is 15.3. The number of nitrogens with zero attached hydrogens (tertiary/aromatic N) is 10. The molecule has 0 amide bonds. The normalized spacial score (nSPS) is 14.7. The Bertz CT molecular complexity index is 1220. The molecule has 1 aliphatic heterocycles. The third-order valence-corrected chi connectivity index (χ3v) is 5.45. The molecular formula is C20H24N10. The van der Waals surface area contributed by atoms with Gasteiger partial charge in [0.1, 0.15) is 23.8 Å². The van der Waals surface area contributed by atoms with E-state index in [1.54, 1.807) is 11.0 Å². The minimum absolute atomic E-state index is 0.758. The van der Waals surface area contributed by atoms with Crippen molar-refractivity contribution in [3.63, 3.8) is 0 Å². The second kappa shape index (κ2) is 7.05. The second-order valence-corrected chi connectivity index (χ2v) is 7.65. The lowest BCUT2D eigenvalue weighted by Crippen LogP contribution is -2.47. The number of aromatic nitrogens is 8. The largest absolute Gasteiger partial charge is 0.353 e. The van der Waals surface area contributed by atoms with E-state index in [4.69, 9.17) is 4.98 Å². The zero-order valence-corrected chi connectivity index (χ0v) is 17.6. The van der Waals surface area contributed by atoms with Crippen LogP contribution in [0.4, 0.5) is 11.6 Å². The van der Waals surface area contributed by atoms with Gasteiger partial charge in [-0.2, -0.15) is 10.2 Å². The summed E-state index contributed by atoms with van der Waals surface area (Å²) in [6, 6.07) is 4.05. The van der Waals surface area contributed by atoms with Gasteiger partial charge in [-0.3, -0.25) is 4.68 Å². The van der Waals surface area contributed by atoms with Gasteiger partial charge in [0.2, 0.25) is 0 Å². The first-order valence-corrected chi connectivity index (χ1v) is 10.0. The lowest BCUT2D eigenvalue weighted by molar-refractivity contribution is 0.640. The fourth-order valence-electron chi connectivity index (χ4n) is 3.99. The molecule has 0 N–H and O–H groups in total. The minimum Gasteiger partial charge on any atom is -0.353 e. The van der Waals surface area contributed by atoms with Crippen molar-refractivity contribution in [2.75, 3.05) is 36.0 Å². The van der Waals surface area contributed by atoms with Crippen LogP contribution in [0, 0.1) is 20.8 Å². The quantitative estimate of drug-likeness (QED) is 0.508. The monoisotopic (exact) mass is 404 g/mol. The minimum atomic E-state index is 0.758. The molecule has 1 fully saturated rings. The summed E-state index contributed by atoms with van der Waals surface area (Å²) in [5.74, 6) is 3.42. The van der Waals surface area contributed by atoms with Gasteiger partial charge in [0.05, 0.1) is 17.3 Å². The van der Waals surface area contributed by atoms with Crippen molar-refractivity contribution in [2.24, 2.45) is 7.05 Å². The Labute approximate surface area is 174 Å². The van der Waals surface area contributed by atoms with Crippen LogP contribution in [0.3, 0.4) is 0 Å². The third-order valence-electron chi connectivity index (χ3n) is 5.45. The van der Waals surface area contributed by atoms with Crippen molar-refractivity contribution in [1.82, 2.24) is 39.5 Å². The molecule has 0 saturated carbocycles. The predicted molar refractivity (Wildman–Crippen MR) is 114 cm³/mol. The highest BCUT2D eigenvalue weighted by Gasteiger charge is 2.23. The molecule has 4 aromatic heterocycles. The number of anilines is 2. The summed E-state index contributed by atoms with van der Waals surface area (Å²) in [6.45, 7) is 9.33. The van der Waals surface area contributed by atoms with Gasteiger partial charge >= 0.3 is 0 Å². The molecule has 1 aliphatic rings. The fourth-order valence-corrected chi connectivity index (χ4v) is 3.99. The Morgan fingerprint density at radius 2 is 1.60 bits per heavy atom. The van der Waals surface area contributed by atoms with Crippen LogP contribution in [-0.4, -0.2) is 65.7 Å². The van der Waals surface area contributed by atoms with E-state index in [1.165, 1.54) is 0 Å². The van der Waals surface area contributed by atoms with Crippen LogP contribution in [0.25, 0.3) is 16.9 Å². The number of hydrogen-bond donors (Lipinski definition) is 0. The Kier molecular flexibility index (Phi) is 4.34. The van der Waals surface area contributed by atoms with E-state index in [0.29, 0.717) is 0 Å². The summed E-state index contributed by atoms with van der Waals surface area (Å²) >= 11 is 0. The van der Waals surface area contributed by atoms with E-state index in [1.807, 2.05) is 50.8 Å². The molecule has 0 atom stereocenters. The Morgan fingerprint density at radius 3 is 2.33 bits per heavy atom. The molecule has 10 nitrogen and oxygen atoms in total. The van der Waals surface area contributed by atoms with Gasteiger partial charge in [0, 0.05) is 45.0 Å². The first-order valence-electron chi connectivity index (χ1n) is 10.0. The first kappa shape index (κ1) is 18.5. The van der Waals surface area contributed by atoms with Crippen LogP contribution in [0.2, 0.25) is 0 Å². The number of piperazine rings is 1. The maximum atomic E-state index is 4.71. The maximum absolute atomic E-state index is 4.71. The van der Waals surface area contributed by atoms with E-state index in [-0.39, 0.29) is 0 Å². The third kappa shape index (κ3) is 3.14. The Balaban J connectivity index is 1.37. The van der Waals surface area contributed by atoms with Crippen LogP contribution < -0.4 is 9.80 Å². The molecule has 1 saturated heterocycles. The second-order valence-electron chi connectivity index (χ2n) is 7.65. The van der Waals surface area contributed by atoms with Gasteiger partial charge in [-0.05, 0) is 26.8 Å². The summed E-state index contributed by atoms with van der Waals surface area (Å²) in [4.78, 5) is 22.7. The van der Waals surface area contributed by atoms with Crippen LogP contribution in [0.1, 0.15) is 17.2 Å². The van der Waals surface area contributed by atoms with Gasteiger partial charge in [-0.1, -0.05) is 0 Å². The van der Waals surface area contributed by atoms with Gasteiger partial charge in [-0.25, -0.2) is 24.6 Å². The zero-order chi connectivity index (χ0) is 20.8. The van der Waals surface area contributed by atoms with Gasteiger partial charge in [-0.15, -0.1) is 0 Å². The van der Waals surface area contributed by atoms with Gasteiger partial charge in [0.15, 0.2) is 11.5 Å². The average molecular weight is 404 g/mol. The number of fused-ring (bicyclic) bond motifs is 1. The van der Waals surface area contributed by atoms with Crippen LogP contribution in [0.5, 0.6) is 0 Å². The molecule has 0 aliphatic carbocycles. The van der Waals surface area contributed by atoms with Crippen molar-refractivity contribution < 1.29 is 0 Å². The smallest absolute Gasteiger partial charge is 0.163 e. The molecule has 5 rings (SSSR count). The first-order chi connectivity index (χ1) is 14.5. The average Bonchev–Trinajstić information content (AvgIpc) is 3.29. The molecule has 154 valence electrons. The molecule has 0 radical (unpaired) electrons. The SMILES string of the molecule is Cc1cc(C)n(-c2cc(N3CCN(c4nc(C)nc5c4cnn5C)CC3)ncn2)n1. The Hall–Kier alpha value is -3.56. The van der Waals surface area contributed by atoms with Crippen LogP contribution in [0.15, 0.2) is 24.7 Å². The van der Waals surface area contributed by atoms with E-state index < -0.39 is 0 Å². The topological polar surface area (TPSA) is 93.7 Å². The number of rotatable bonds is 3. The predicted octanol–water partition coefficient (Wildman–Crippen LogP) is 1.59. The fraction of sp³-hybridized carbons (Fsp3) is 0.400. The molecule has 0 bridgehead atoms. The molecule has 4 aromatic rings. The van der Waals surface area contributed by atoms with Gasteiger partial charge in [0.25, 0.3) is 0 Å². The molecule has 5 heterocycles. The maximum Gasteiger partial charge on any atom is 0.163 e. The summed E-state index contributed by atoms with van der Waals surface area (Å²) in [5, 5.41) is 9.88. The van der Waals surface area contributed by atoms with Crippen molar-refractivity contribution in [3.05, 3.63) is 41.9 Å². The van der Waals surface area contributed by atoms with Crippen molar-refractivity contribution in [3.8, 4) is 5.82 Å². The summed E-state index contributed by atoms with van der Waals surface area (Å²) in [6.07, 6.45) is 3.46. The summed E-state index contributed by atoms with van der Waals surface area (Å²) in [5.41, 5.74) is 2.90. The molecule has 0 unspecified atom stereocenters. The Morgan fingerprint density at radius 1 is 0.867 bits per heavy atom. The molecule has 30 heavy (non-hydrogen) atoms. The van der Waals surface area contributed by atoms with E-state index in [2.05, 4.69) is 34.9 Å². The van der Waals surface area contributed by atoms with E-state index in [9.17, 15) is 0 Å². The van der Waals surface area contributed by atoms with Crippen molar-refractivity contribution in [1.29, 1.82) is 0 Å². The molecule has 10 heteroatoms. The molecule has 0 aromatic carbocycles. The lowest BCUT2D eigenvalue weighted by Gasteiger charge is -2.36.